The highest BCUT2D eigenvalue weighted by atomic mass is 16.5. The minimum atomic E-state index is -0.338. The van der Waals surface area contributed by atoms with Gasteiger partial charge in [-0.1, -0.05) is 52.5 Å². The van der Waals surface area contributed by atoms with Gasteiger partial charge in [-0.25, -0.2) is 4.79 Å². The molecule has 202 valence electrons. The topological polar surface area (TPSA) is 55.8 Å². The maximum Gasteiger partial charge on any atom is 0.362 e. The third-order valence-corrected chi connectivity index (χ3v) is 8.65. The van der Waals surface area contributed by atoms with Gasteiger partial charge in [0.2, 0.25) is 0 Å². The number of hydrogen-bond acceptors (Lipinski definition) is 4. The molecule has 0 unspecified atom stereocenters. The number of rotatable bonds is 11. The normalized spacial score (nSPS) is 21.2. The molecule has 0 aromatic heterocycles. The molecule has 0 fully saturated rings. The highest BCUT2D eigenvalue weighted by Gasteiger charge is 2.46. The maximum absolute atomic E-state index is 12.4. The second kappa shape index (κ2) is 11.2. The van der Waals surface area contributed by atoms with Crippen molar-refractivity contribution in [3.8, 4) is 11.5 Å². The fraction of sp³-hybridized carbons (Fsp3) is 0.710. The number of unbranched alkanes of at least 4 members (excludes halogenated alkanes) is 3. The van der Waals surface area contributed by atoms with Crippen molar-refractivity contribution in [1.82, 2.24) is 0 Å². The molecule has 1 aromatic rings. The molecular weight excluding hydrogens is 450 g/mol. The molecule has 36 heavy (non-hydrogen) atoms. The lowest BCUT2D eigenvalue weighted by atomic mass is 9.66. The Kier molecular flexibility index (Phi) is 8.86. The zero-order chi connectivity index (χ0) is 26.7. The van der Waals surface area contributed by atoms with Crippen LogP contribution in [-0.4, -0.2) is 55.0 Å². The molecule has 5 nitrogen and oxygen atoms in total. The first-order valence-corrected chi connectivity index (χ1v) is 14.0. The first kappa shape index (κ1) is 28.6. The van der Waals surface area contributed by atoms with Gasteiger partial charge in [0.15, 0.2) is 6.54 Å². The average Bonchev–Trinajstić information content (AvgIpc) is 2.79. The molecule has 2 atom stereocenters. The van der Waals surface area contributed by atoms with Crippen LogP contribution in [0.2, 0.25) is 0 Å². The molecule has 0 spiro atoms. The first-order valence-electron chi connectivity index (χ1n) is 14.0. The fourth-order valence-corrected chi connectivity index (χ4v) is 5.79. The van der Waals surface area contributed by atoms with Crippen molar-refractivity contribution in [3.05, 3.63) is 34.9 Å². The van der Waals surface area contributed by atoms with E-state index < -0.39 is 0 Å². The Morgan fingerprint density at radius 2 is 1.92 bits per heavy atom. The number of benzene rings is 1. The van der Waals surface area contributed by atoms with E-state index in [-0.39, 0.29) is 28.8 Å². The molecule has 1 aromatic carbocycles. The van der Waals surface area contributed by atoms with E-state index in [0.717, 1.165) is 48.3 Å². The van der Waals surface area contributed by atoms with Crippen LogP contribution < -0.4 is 4.74 Å². The van der Waals surface area contributed by atoms with Crippen molar-refractivity contribution in [2.75, 3.05) is 33.8 Å². The summed E-state index contributed by atoms with van der Waals surface area (Å²) in [6, 6.07) is 4.15. The van der Waals surface area contributed by atoms with Gasteiger partial charge < -0.3 is 19.1 Å². The Bertz CT molecular complexity index is 960. The van der Waals surface area contributed by atoms with Crippen LogP contribution in [0.4, 0.5) is 0 Å². The number of carbonyl (C=O) groups excluding carboxylic acids is 1. The summed E-state index contributed by atoms with van der Waals surface area (Å²) >= 11 is 0. The molecule has 1 N–H and O–H groups in total. The van der Waals surface area contributed by atoms with Gasteiger partial charge in [-0.2, -0.15) is 0 Å². The van der Waals surface area contributed by atoms with Gasteiger partial charge >= 0.3 is 5.97 Å². The zero-order valence-corrected chi connectivity index (χ0v) is 24.1. The summed E-state index contributed by atoms with van der Waals surface area (Å²) < 4.78 is 12.9. The van der Waals surface area contributed by atoms with Crippen LogP contribution in [0.1, 0.15) is 104 Å². The third kappa shape index (κ3) is 6.65. The highest BCUT2D eigenvalue weighted by molar-refractivity contribution is 5.70. The monoisotopic (exact) mass is 500 g/mol. The van der Waals surface area contributed by atoms with E-state index in [1.54, 1.807) is 0 Å². The number of nitrogens with zero attached hydrogens (tertiary/aromatic N) is 1. The molecule has 2 aliphatic rings. The number of esters is 1. The van der Waals surface area contributed by atoms with Crippen LogP contribution in [0.25, 0.3) is 0 Å². The minimum absolute atomic E-state index is 0.0266. The average molecular weight is 501 g/mol. The van der Waals surface area contributed by atoms with E-state index in [1.165, 1.54) is 25.7 Å². The number of aromatic hydroxyl groups is 1. The largest absolute Gasteiger partial charge is 0.508 e. The molecule has 0 saturated heterocycles. The van der Waals surface area contributed by atoms with E-state index in [4.69, 9.17) is 9.47 Å². The highest BCUT2D eigenvalue weighted by Crippen LogP contribution is 2.55. The van der Waals surface area contributed by atoms with Gasteiger partial charge in [0.1, 0.15) is 23.7 Å². The molecule has 3 rings (SSSR count). The molecule has 0 saturated carbocycles. The number of quaternary nitrogens is 1. The Labute approximate surface area is 219 Å². The fourth-order valence-electron chi connectivity index (χ4n) is 5.79. The second-order valence-corrected chi connectivity index (χ2v) is 12.9. The number of phenolic OH excluding ortho intramolecular Hbond substituents is 1. The van der Waals surface area contributed by atoms with E-state index in [0.29, 0.717) is 23.4 Å². The summed E-state index contributed by atoms with van der Waals surface area (Å²) in [5.74, 6) is 1.41. The Balaban J connectivity index is 1.79. The van der Waals surface area contributed by atoms with Gasteiger partial charge in [-0.15, -0.1) is 0 Å². The Hall–Kier alpha value is -2.01. The second-order valence-electron chi connectivity index (χ2n) is 12.9. The number of likely N-dealkylation sites (N-methyl/N-ethyl adjacent to an activating group) is 1. The van der Waals surface area contributed by atoms with Gasteiger partial charge in [-0.05, 0) is 68.7 Å². The van der Waals surface area contributed by atoms with Crippen LogP contribution in [0.3, 0.4) is 0 Å². The molecule has 1 aliphatic heterocycles. The lowest BCUT2D eigenvalue weighted by molar-refractivity contribution is -0.881. The lowest BCUT2D eigenvalue weighted by Gasteiger charge is -2.47. The van der Waals surface area contributed by atoms with Crippen molar-refractivity contribution < 1.29 is 23.9 Å². The third-order valence-electron chi connectivity index (χ3n) is 8.65. The van der Waals surface area contributed by atoms with Gasteiger partial charge in [0.05, 0.1) is 20.6 Å². The predicted octanol–water partition coefficient (Wildman–Crippen LogP) is 6.87. The summed E-state index contributed by atoms with van der Waals surface area (Å²) in [7, 11) is 4.08. The summed E-state index contributed by atoms with van der Waals surface area (Å²) in [4.78, 5) is 12.4. The standard InChI is InChI=1S/C31H49NO4/c1-9-11-12-13-16-30(3,4)23-18-26(33)29-24-17-22(21-35-28(34)20-32(7,8)10-2)14-15-25(24)31(5,6)36-27(29)19-23/h14,18-19,24-25H,9-13,15-17,20-21H2,1-8H3/p+1/t24-,25-/m0/s1. The molecule has 1 aliphatic carbocycles. The molecular formula is C31H50NO4+. The predicted molar refractivity (Wildman–Crippen MR) is 147 cm³/mol. The number of fused-ring (bicyclic) bond motifs is 3. The van der Waals surface area contributed by atoms with Crippen molar-refractivity contribution in [2.45, 2.75) is 103 Å². The summed E-state index contributed by atoms with van der Waals surface area (Å²) in [5, 5.41) is 11.3. The van der Waals surface area contributed by atoms with Crippen LogP contribution in [0, 0.1) is 5.92 Å². The quantitative estimate of drug-likeness (QED) is 0.156. The Morgan fingerprint density at radius 1 is 1.19 bits per heavy atom. The number of hydrogen-bond donors (Lipinski definition) is 1. The Morgan fingerprint density at radius 3 is 2.58 bits per heavy atom. The summed E-state index contributed by atoms with van der Waals surface area (Å²) in [6.07, 6.45) is 9.88. The molecule has 0 amide bonds. The van der Waals surface area contributed by atoms with Crippen LogP contribution >= 0.6 is 0 Å². The zero-order valence-electron chi connectivity index (χ0n) is 24.1. The summed E-state index contributed by atoms with van der Waals surface area (Å²) in [5.41, 5.74) is 2.83. The number of allylic oxidation sites excluding steroid dienone is 1. The van der Waals surface area contributed by atoms with Crippen molar-refractivity contribution in [2.24, 2.45) is 5.92 Å². The smallest absolute Gasteiger partial charge is 0.362 e. The molecule has 0 bridgehead atoms. The van der Waals surface area contributed by atoms with Crippen LogP contribution in [0.5, 0.6) is 11.5 Å². The number of phenols is 1. The molecule has 0 radical (unpaired) electrons. The van der Waals surface area contributed by atoms with Crippen molar-refractivity contribution in [3.63, 3.8) is 0 Å². The molecule has 5 heteroatoms. The van der Waals surface area contributed by atoms with E-state index in [9.17, 15) is 9.90 Å². The van der Waals surface area contributed by atoms with Crippen molar-refractivity contribution >= 4 is 5.97 Å². The molecule has 1 heterocycles. The van der Waals surface area contributed by atoms with Gasteiger partial charge in [0.25, 0.3) is 0 Å². The summed E-state index contributed by atoms with van der Waals surface area (Å²) in [6.45, 7) is 14.8. The van der Waals surface area contributed by atoms with E-state index in [2.05, 4.69) is 53.7 Å². The van der Waals surface area contributed by atoms with Crippen LogP contribution in [0.15, 0.2) is 23.8 Å². The van der Waals surface area contributed by atoms with Crippen molar-refractivity contribution in [1.29, 1.82) is 0 Å². The van der Waals surface area contributed by atoms with Gasteiger partial charge in [0, 0.05) is 17.4 Å². The number of ether oxygens (including phenoxy) is 2. The van der Waals surface area contributed by atoms with E-state index >= 15 is 0 Å². The SMILES string of the molecule is CCCCCCC(C)(C)c1cc(O)c2c(c1)OC(C)(C)[C@H]1CC=C(COC(=O)C[N+](C)(C)CC)C[C@H]21. The lowest BCUT2D eigenvalue weighted by Crippen LogP contribution is -2.46. The maximum atomic E-state index is 12.4. The van der Waals surface area contributed by atoms with E-state index in [1.807, 2.05) is 20.2 Å². The van der Waals surface area contributed by atoms with Crippen LogP contribution in [-0.2, 0) is 14.9 Å². The first-order chi connectivity index (χ1) is 16.8. The number of carbonyl (C=O) groups is 1. The van der Waals surface area contributed by atoms with Gasteiger partial charge in [-0.3, -0.25) is 0 Å². The minimum Gasteiger partial charge on any atom is -0.508 e.